The summed E-state index contributed by atoms with van der Waals surface area (Å²) in [5.41, 5.74) is 0.715. The summed E-state index contributed by atoms with van der Waals surface area (Å²) in [6.45, 7) is 1.56. The third kappa shape index (κ3) is 2.07. The molecular weight excluding hydrogens is 250 g/mol. The van der Waals surface area contributed by atoms with Crippen LogP contribution in [0.1, 0.15) is 6.92 Å². The minimum atomic E-state index is -3.82. The summed E-state index contributed by atoms with van der Waals surface area (Å²) in [5, 5.41) is -0.126. The summed E-state index contributed by atoms with van der Waals surface area (Å²) in [7, 11) is -3.82. The Morgan fingerprint density at radius 2 is 1.81 bits per heavy atom. The molecule has 1 aromatic rings. The zero-order valence-corrected chi connectivity index (χ0v) is 9.90. The number of rotatable bonds is 1. The maximum Gasteiger partial charge on any atom is 0.367 e. The molecule has 0 saturated carbocycles. The molecule has 0 atom stereocenters. The van der Waals surface area contributed by atoms with Crippen LogP contribution in [0.25, 0.3) is 0 Å². The molecule has 0 amide bonds. The van der Waals surface area contributed by atoms with Gasteiger partial charge in [0.1, 0.15) is 5.84 Å². The van der Waals surface area contributed by atoms with Gasteiger partial charge in [-0.25, -0.2) is 0 Å². The SMILES string of the molecule is CC1=NS(=O)(=O)N=C(Cl)N1c1ccccc1. The molecule has 0 aromatic heterocycles. The van der Waals surface area contributed by atoms with Crippen molar-refractivity contribution in [2.24, 2.45) is 8.80 Å². The maximum atomic E-state index is 11.2. The lowest BCUT2D eigenvalue weighted by Crippen LogP contribution is -2.36. The average molecular weight is 258 g/mol. The molecule has 0 unspecified atom stereocenters. The predicted molar refractivity (Wildman–Crippen MR) is 64.2 cm³/mol. The van der Waals surface area contributed by atoms with E-state index in [4.69, 9.17) is 11.6 Å². The van der Waals surface area contributed by atoms with Crippen molar-refractivity contribution in [3.63, 3.8) is 0 Å². The Labute approximate surface area is 98.3 Å². The van der Waals surface area contributed by atoms with Gasteiger partial charge in [-0.1, -0.05) is 18.2 Å². The minimum absolute atomic E-state index is 0.126. The smallest absolute Gasteiger partial charge is 0.271 e. The molecule has 0 saturated heterocycles. The number of nitrogens with zero attached hydrogens (tertiary/aromatic N) is 3. The van der Waals surface area contributed by atoms with Gasteiger partial charge in [-0.05, 0) is 30.7 Å². The topological polar surface area (TPSA) is 62.1 Å². The highest BCUT2D eigenvalue weighted by molar-refractivity contribution is 7.89. The highest BCUT2D eigenvalue weighted by Gasteiger charge is 2.24. The van der Waals surface area contributed by atoms with E-state index in [0.29, 0.717) is 5.69 Å². The summed E-state index contributed by atoms with van der Waals surface area (Å²) < 4.78 is 29.1. The van der Waals surface area contributed by atoms with E-state index in [-0.39, 0.29) is 11.1 Å². The normalized spacial score (nSPS) is 19.0. The fourth-order valence-corrected chi connectivity index (χ4v) is 2.58. The van der Waals surface area contributed by atoms with Gasteiger partial charge in [-0.2, -0.15) is 8.42 Å². The highest BCUT2D eigenvalue weighted by atomic mass is 35.5. The summed E-state index contributed by atoms with van der Waals surface area (Å²) in [6, 6.07) is 9.05. The number of hydrogen-bond acceptors (Lipinski definition) is 3. The van der Waals surface area contributed by atoms with Gasteiger partial charge in [-0.15, -0.1) is 8.80 Å². The Kier molecular flexibility index (Phi) is 2.69. The fourth-order valence-electron chi connectivity index (χ4n) is 1.37. The van der Waals surface area contributed by atoms with E-state index in [1.54, 1.807) is 19.1 Å². The van der Waals surface area contributed by atoms with Crippen LogP contribution in [0.4, 0.5) is 5.69 Å². The second-order valence-corrected chi connectivity index (χ2v) is 4.72. The largest absolute Gasteiger partial charge is 0.367 e. The van der Waals surface area contributed by atoms with Crippen LogP contribution in [0, 0.1) is 0 Å². The number of hydrogen-bond donors (Lipinski definition) is 0. The molecular formula is C9H8ClN3O2S. The molecule has 0 fully saturated rings. The second kappa shape index (κ2) is 3.88. The van der Waals surface area contributed by atoms with Gasteiger partial charge in [0.2, 0.25) is 5.29 Å². The molecule has 5 nitrogen and oxygen atoms in total. The van der Waals surface area contributed by atoms with Gasteiger partial charge in [0.15, 0.2) is 0 Å². The Hall–Kier alpha value is -1.40. The number of anilines is 1. The average Bonchev–Trinajstić information content (AvgIpc) is 2.16. The molecule has 0 bridgehead atoms. The van der Waals surface area contributed by atoms with Crippen LogP contribution in [0.15, 0.2) is 39.1 Å². The summed E-state index contributed by atoms with van der Waals surface area (Å²) in [5.74, 6) is 0.270. The van der Waals surface area contributed by atoms with Gasteiger partial charge in [0, 0.05) is 5.69 Å². The van der Waals surface area contributed by atoms with Crippen molar-refractivity contribution in [2.45, 2.75) is 6.92 Å². The first-order valence-corrected chi connectivity index (χ1v) is 6.19. The van der Waals surface area contributed by atoms with Crippen LogP contribution < -0.4 is 4.90 Å². The van der Waals surface area contributed by atoms with Crippen molar-refractivity contribution in [3.8, 4) is 0 Å². The lowest BCUT2D eigenvalue weighted by Gasteiger charge is -2.23. The van der Waals surface area contributed by atoms with E-state index >= 15 is 0 Å². The van der Waals surface area contributed by atoms with Crippen molar-refractivity contribution < 1.29 is 8.42 Å². The Morgan fingerprint density at radius 1 is 1.19 bits per heavy atom. The molecule has 1 aromatic carbocycles. The van der Waals surface area contributed by atoms with Crippen molar-refractivity contribution >= 4 is 38.6 Å². The van der Waals surface area contributed by atoms with Crippen LogP contribution in [0.3, 0.4) is 0 Å². The van der Waals surface area contributed by atoms with E-state index in [1.807, 2.05) is 18.2 Å². The number of amidine groups is 2. The first kappa shape index (κ1) is 11.1. The third-order valence-electron chi connectivity index (χ3n) is 1.96. The van der Waals surface area contributed by atoms with E-state index < -0.39 is 10.2 Å². The molecule has 1 aliphatic heterocycles. The number of benzene rings is 1. The third-order valence-corrected chi connectivity index (χ3v) is 3.21. The van der Waals surface area contributed by atoms with Gasteiger partial charge < -0.3 is 0 Å². The van der Waals surface area contributed by atoms with Crippen LogP contribution in [0.2, 0.25) is 0 Å². The Balaban J connectivity index is 2.50. The molecule has 0 aliphatic carbocycles. The van der Waals surface area contributed by atoms with Crippen molar-refractivity contribution in [2.75, 3.05) is 4.90 Å². The van der Waals surface area contributed by atoms with Gasteiger partial charge in [0.25, 0.3) is 0 Å². The fraction of sp³-hybridized carbons (Fsp3) is 0.111. The molecule has 1 heterocycles. The number of halogens is 1. The van der Waals surface area contributed by atoms with Crippen molar-refractivity contribution in [1.82, 2.24) is 0 Å². The van der Waals surface area contributed by atoms with Crippen LogP contribution in [-0.2, 0) is 10.2 Å². The molecule has 0 N–H and O–H groups in total. The molecule has 0 spiro atoms. The molecule has 84 valence electrons. The van der Waals surface area contributed by atoms with Crippen LogP contribution in [0.5, 0.6) is 0 Å². The van der Waals surface area contributed by atoms with E-state index in [1.165, 1.54) is 4.90 Å². The second-order valence-electron chi connectivity index (χ2n) is 3.12. The predicted octanol–water partition coefficient (Wildman–Crippen LogP) is 1.76. The van der Waals surface area contributed by atoms with E-state index in [2.05, 4.69) is 8.80 Å². The Morgan fingerprint density at radius 3 is 2.38 bits per heavy atom. The quantitative estimate of drug-likeness (QED) is 0.721. The molecule has 2 rings (SSSR count). The summed E-state index contributed by atoms with van der Waals surface area (Å²) >= 11 is 5.81. The zero-order chi connectivity index (χ0) is 11.8. The standard InChI is InChI=1S/C9H8ClN3O2S/c1-7-11-16(14,15)12-9(10)13(7)8-5-3-2-4-6-8/h2-6H,1H3. The Bertz CT molecular complexity index is 540. The van der Waals surface area contributed by atoms with Gasteiger partial charge in [0.05, 0.1) is 0 Å². The lowest BCUT2D eigenvalue weighted by atomic mass is 10.3. The molecule has 1 aliphatic rings. The minimum Gasteiger partial charge on any atom is -0.271 e. The lowest BCUT2D eigenvalue weighted by molar-refractivity contribution is 0.599. The molecule has 16 heavy (non-hydrogen) atoms. The first-order chi connectivity index (χ1) is 7.49. The van der Waals surface area contributed by atoms with Gasteiger partial charge in [-0.3, -0.25) is 4.90 Å². The summed E-state index contributed by atoms with van der Waals surface area (Å²) in [4.78, 5) is 1.46. The van der Waals surface area contributed by atoms with E-state index in [0.717, 1.165) is 0 Å². The van der Waals surface area contributed by atoms with Crippen LogP contribution in [-0.4, -0.2) is 19.5 Å². The molecule has 0 radical (unpaired) electrons. The summed E-state index contributed by atoms with van der Waals surface area (Å²) in [6.07, 6.45) is 0. The number of para-hydroxylation sites is 1. The monoisotopic (exact) mass is 257 g/mol. The van der Waals surface area contributed by atoms with Crippen molar-refractivity contribution in [3.05, 3.63) is 30.3 Å². The van der Waals surface area contributed by atoms with Crippen LogP contribution >= 0.6 is 11.6 Å². The van der Waals surface area contributed by atoms with Crippen molar-refractivity contribution in [1.29, 1.82) is 0 Å². The maximum absolute atomic E-state index is 11.2. The van der Waals surface area contributed by atoms with Gasteiger partial charge >= 0.3 is 10.2 Å². The zero-order valence-electron chi connectivity index (χ0n) is 8.33. The van der Waals surface area contributed by atoms with E-state index in [9.17, 15) is 8.42 Å². The molecule has 7 heteroatoms. The first-order valence-electron chi connectivity index (χ1n) is 4.42. The highest BCUT2D eigenvalue weighted by Crippen LogP contribution is 2.20.